The summed E-state index contributed by atoms with van der Waals surface area (Å²) in [6.45, 7) is 0. The summed E-state index contributed by atoms with van der Waals surface area (Å²) in [6, 6.07) is 8.94. The maximum atomic E-state index is 12.6. The van der Waals surface area contributed by atoms with Crippen LogP contribution in [-0.2, 0) is 22.2 Å². The monoisotopic (exact) mass is 445 g/mol. The summed E-state index contributed by atoms with van der Waals surface area (Å²) < 4.78 is 38.4. The highest BCUT2D eigenvalue weighted by Crippen LogP contribution is 2.30. The second kappa shape index (κ2) is 8.53. The summed E-state index contributed by atoms with van der Waals surface area (Å²) in [6.07, 6.45) is -6.36. The Morgan fingerprint density at radius 3 is 2.26 bits per heavy atom. The van der Waals surface area contributed by atoms with E-state index in [0.717, 1.165) is 28.7 Å². The number of rotatable bonds is 6. The Hall–Kier alpha value is -2.39. The van der Waals surface area contributed by atoms with Crippen LogP contribution < -0.4 is 5.32 Å². The molecule has 0 saturated heterocycles. The van der Waals surface area contributed by atoms with Crippen LogP contribution in [0.5, 0.6) is 0 Å². The van der Waals surface area contributed by atoms with Crippen molar-refractivity contribution in [2.45, 2.75) is 24.7 Å². The highest BCUT2D eigenvalue weighted by atomic mass is 79.9. The SMILES string of the molecule is O=C(O)[C@H](Cc1cccc(Br)c1)NC(=O)[C@H](O)c1ccc(C(F)(F)F)cc1. The molecule has 27 heavy (non-hydrogen) atoms. The second-order valence-corrected chi connectivity index (χ2v) is 6.67. The van der Waals surface area contributed by atoms with Gasteiger partial charge in [-0.15, -0.1) is 0 Å². The third-order valence-corrected chi connectivity index (χ3v) is 4.24. The quantitative estimate of drug-likeness (QED) is 0.636. The van der Waals surface area contributed by atoms with E-state index >= 15 is 0 Å². The first-order chi connectivity index (χ1) is 12.6. The summed E-state index contributed by atoms with van der Waals surface area (Å²) in [5, 5.41) is 21.5. The number of aliphatic carboxylic acids is 1. The fraction of sp³-hybridized carbons (Fsp3) is 0.222. The molecule has 0 aliphatic rings. The molecule has 2 aromatic rings. The molecule has 2 atom stereocenters. The number of nitrogens with one attached hydrogen (secondary N) is 1. The molecule has 144 valence electrons. The van der Waals surface area contributed by atoms with E-state index in [-0.39, 0.29) is 12.0 Å². The van der Waals surface area contributed by atoms with E-state index in [0.29, 0.717) is 5.56 Å². The number of carboxylic acid groups (broad SMARTS) is 1. The Labute approximate surface area is 161 Å². The van der Waals surface area contributed by atoms with Crippen molar-refractivity contribution in [3.63, 3.8) is 0 Å². The second-order valence-electron chi connectivity index (χ2n) is 5.76. The standard InChI is InChI=1S/C18H15BrF3NO4/c19-13-3-1-2-10(8-13)9-14(17(26)27)23-16(25)15(24)11-4-6-12(7-5-11)18(20,21)22/h1-8,14-15,24H,9H2,(H,23,25)(H,26,27)/t14-,15+/m0/s1. The molecule has 9 heteroatoms. The predicted octanol–water partition coefficient (Wildman–Crippen LogP) is 3.31. The Morgan fingerprint density at radius 1 is 1.11 bits per heavy atom. The zero-order chi connectivity index (χ0) is 20.2. The van der Waals surface area contributed by atoms with Crippen LogP contribution in [0, 0.1) is 0 Å². The van der Waals surface area contributed by atoms with Crippen LogP contribution in [0.4, 0.5) is 13.2 Å². The summed E-state index contributed by atoms with van der Waals surface area (Å²) in [4.78, 5) is 23.5. The maximum absolute atomic E-state index is 12.6. The van der Waals surface area contributed by atoms with E-state index in [9.17, 15) is 33.0 Å². The minimum Gasteiger partial charge on any atom is -0.480 e. The number of hydrogen-bond donors (Lipinski definition) is 3. The Morgan fingerprint density at radius 2 is 1.74 bits per heavy atom. The van der Waals surface area contributed by atoms with Gasteiger partial charge in [-0.25, -0.2) is 4.79 Å². The van der Waals surface area contributed by atoms with Crippen LogP contribution >= 0.6 is 15.9 Å². The number of benzene rings is 2. The van der Waals surface area contributed by atoms with Crippen molar-refractivity contribution < 1.29 is 33.0 Å². The average molecular weight is 446 g/mol. The van der Waals surface area contributed by atoms with E-state index in [1.165, 1.54) is 0 Å². The van der Waals surface area contributed by atoms with E-state index < -0.39 is 35.8 Å². The Bertz CT molecular complexity index is 824. The van der Waals surface area contributed by atoms with Crippen molar-refractivity contribution in [3.05, 3.63) is 69.7 Å². The summed E-state index contributed by atoms with van der Waals surface area (Å²) in [7, 11) is 0. The van der Waals surface area contributed by atoms with Gasteiger partial charge < -0.3 is 15.5 Å². The number of carboxylic acids is 1. The lowest BCUT2D eigenvalue weighted by Gasteiger charge is -2.18. The van der Waals surface area contributed by atoms with Crippen LogP contribution in [0.1, 0.15) is 22.8 Å². The molecule has 0 bridgehead atoms. The van der Waals surface area contributed by atoms with E-state index in [4.69, 9.17) is 0 Å². The molecular formula is C18H15BrF3NO4. The lowest BCUT2D eigenvalue weighted by atomic mass is 10.0. The Balaban J connectivity index is 2.09. The molecule has 1 amide bonds. The largest absolute Gasteiger partial charge is 0.480 e. The van der Waals surface area contributed by atoms with Gasteiger partial charge in [-0.3, -0.25) is 4.79 Å². The van der Waals surface area contributed by atoms with Crippen LogP contribution in [0.2, 0.25) is 0 Å². The number of aliphatic hydroxyl groups excluding tert-OH is 1. The fourth-order valence-corrected chi connectivity index (χ4v) is 2.80. The van der Waals surface area contributed by atoms with Gasteiger partial charge in [0.25, 0.3) is 5.91 Å². The number of amides is 1. The van der Waals surface area contributed by atoms with Gasteiger partial charge in [-0.2, -0.15) is 13.2 Å². The molecule has 0 radical (unpaired) electrons. The molecule has 0 unspecified atom stereocenters. The van der Waals surface area contributed by atoms with Gasteiger partial charge in [-0.05, 0) is 35.4 Å². The van der Waals surface area contributed by atoms with Crippen LogP contribution in [0.15, 0.2) is 53.0 Å². The topological polar surface area (TPSA) is 86.6 Å². The van der Waals surface area contributed by atoms with Gasteiger partial charge >= 0.3 is 12.1 Å². The lowest BCUT2D eigenvalue weighted by Crippen LogP contribution is -2.44. The molecule has 0 fully saturated rings. The molecule has 0 aliphatic carbocycles. The van der Waals surface area contributed by atoms with Crippen molar-refractivity contribution in [1.82, 2.24) is 5.32 Å². The van der Waals surface area contributed by atoms with Gasteiger partial charge in [0.05, 0.1) is 5.56 Å². The van der Waals surface area contributed by atoms with Crippen molar-refractivity contribution in [2.24, 2.45) is 0 Å². The van der Waals surface area contributed by atoms with Gasteiger partial charge in [-0.1, -0.05) is 40.2 Å². The minimum atomic E-state index is -4.54. The number of carbonyl (C=O) groups is 2. The Kier molecular flexibility index (Phi) is 6.61. The first-order valence-corrected chi connectivity index (χ1v) is 8.50. The van der Waals surface area contributed by atoms with Gasteiger partial charge in [0.2, 0.25) is 0 Å². The highest BCUT2D eigenvalue weighted by molar-refractivity contribution is 9.10. The summed E-state index contributed by atoms with van der Waals surface area (Å²) in [5.41, 5.74) is -0.356. The zero-order valence-electron chi connectivity index (χ0n) is 13.7. The van der Waals surface area contributed by atoms with E-state index in [1.54, 1.807) is 24.3 Å². The number of hydrogen-bond acceptors (Lipinski definition) is 3. The number of alkyl halides is 3. The third kappa shape index (κ3) is 5.80. The predicted molar refractivity (Wildman–Crippen MR) is 93.8 cm³/mol. The zero-order valence-corrected chi connectivity index (χ0v) is 15.3. The highest BCUT2D eigenvalue weighted by Gasteiger charge is 2.31. The van der Waals surface area contributed by atoms with Crippen molar-refractivity contribution in [1.29, 1.82) is 0 Å². The molecule has 3 N–H and O–H groups in total. The first kappa shape index (κ1) is 20.9. The fourth-order valence-electron chi connectivity index (χ4n) is 2.36. The van der Waals surface area contributed by atoms with E-state index in [1.807, 2.05) is 0 Å². The first-order valence-electron chi connectivity index (χ1n) is 7.71. The van der Waals surface area contributed by atoms with Gasteiger partial charge in [0, 0.05) is 10.9 Å². The van der Waals surface area contributed by atoms with Crippen LogP contribution in [-0.4, -0.2) is 28.1 Å². The molecule has 2 aromatic carbocycles. The molecule has 5 nitrogen and oxygen atoms in total. The minimum absolute atomic E-state index is 0.0275. The average Bonchev–Trinajstić information content (AvgIpc) is 2.59. The molecule has 0 aromatic heterocycles. The van der Waals surface area contributed by atoms with Gasteiger partial charge in [0.15, 0.2) is 6.10 Å². The third-order valence-electron chi connectivity index (χ3n) is 3.75. The number of carbonyl (C=O) groups excluding carboxylic acids is 1. The molecule has 0 aliphatic heterocycles. The number of halogens is 4. The van der Waals surface area contributed by atoms with Crippen molar-refractivity contribution >= 4 is 27.8 Å². The van der Waals surface area contributed by atoms with Crippen LogP contribution in [0.3, 0.4) is 0 Å². The van der Waals surface area contributed by atoms with Gasteiger partial charge in [0.1, 0.15) is 6.04 Å². The smallest absolute Gasteiger partial charge is 0.416 e. The molecule has 0 spiro atoms. The molecule has 2 rings (SSSR count). The lowest BCUT2D eigenvalue weighted by molar-refractivity contribution is -0.143. The maximum Gasteiger partial charge on any atom is 0.416 e. The summed E-state index contributed by atoms with van der Waals surface area (Å²) >= 11 is 3.26. The van der Waals surface area contributed by atoms with Crippen LogP contribution in [0.25, 0.3) is 0 Å². The molecular weight excluding hydrogens is 431 g/mol. The molecule has 0 heterocycles. The molecule has 0 saturated carbocycles. The van der Waals surface area contributed by atoms with E-state index in [2.05, 4.69) is 21.2 Å². The van der Waals surface area contributed by atoms with Crippen molar-refractivity contribution in [3.8, 4) is 0 Å². The number of aliphatic hydroxyl groups is 1. The normalized spacial score (nSPS) is 13.7. The summed E-state index contributed by atoms with van der Waals surface area (Å²) in [5.74, 6) is -2.32. The van der Waals surface area contributed by atoms with Crippen molar-refractivity contribution in [2.75, 3.05) is 0 Å².